The van der Waals surface area contributed by atoms with E-state index in [0.717, 1.165) is 48.3 Å². The van der Waals surface area contributed by atoms with Crippen molar-refractivity contribution in [3.8, 4) is 0 Å². The van der Waals surface area contributed by atoms with Gasteiger partial charge in [0.25, 0.3) is 0 Å². The van der Waals surface area contributed by atoms with E-state index in [2.05, 4.69) is 56.1 Å². The molecule has 0 radical (unpaired) electrons. The first-order chi connectivity index (χ1) is 12.6. The lowest BCUT2D eigenvalue weighted by atomic mass is 10.1. The predicted molar refractivity (Wildman–Crippen MR) is 107 cm³/mol. The molecule has 26 heavy (non-hydrogen) atoms. The number of anilines is 1. The van der Waals surface area contributed by atoms with Crippen LogP contribution >= 0.6 is 15.9 Å². The quantitative estimate of drug-likeness (QED) is 0.696. The van der Waals surface area contributed by atoms with Crippen LogP contribution in [0.4, 0.5) is 10.5 Å². The van der Waals surface area contributed by atoms with Gasteiger partial charge in [-0.25, -0.2) is 4.79 Å². The minimum absolute atomic E-state index is 0.716. The molecule has 4 rings (SSSR count). The molecule has 3 aromatic rings. The molecule has 1 aliphatic heterocycles. The second-order valence-corrected chi connectivity index (χ2v) is 7.43. The van der Waals surface area contributed by atoms with E-state index in [1.807, 2.05) is 18.2 Å². The van der Waals surface area contributed by atoms with Crippen molar-refractivity contribution < 1.29 is 9.90 Å². The maximum atomic E-state index is 11.4. The Morgan fingerprint density at radius 2 is 1.77 bits per heavy atom. The molecule has 1 aliphatic rings. The van der Waals surface area contributed by atoms with E-state index in [1.54, 1.807) is 6.20 Å². The van der Waals surface area contributed by atoms with Crippen molar-refractivity contribution in [2.45, 2.75) is 6.54 Å². The number of hydrogen-bond donors (Lipinski definition) is 1. The van der Waals surface area contributed by atoms with Crippen molar-refractivity contribution in [3.63, 3.8) is 0 Å². The van der Waals surface area contributed by atoms with Gasteiger partial charge in [-0.1, -0.05) is 46.3 Å². The van der Waals surface area contributed by atoms with Crippen LogP contribution in [0.25, 0.3) is 10.9 Å². The van der Waals surface area contributed by atoms with E-state index >= 15 is 0 Å². The minimum atomic E-state index is -0.961. The first kappa shape index (κ1) is 17.1. The molecule has 0 aliphatic carbocycles. The number of fused-ring (bicyclic) bond motifs is 1. The Labute approximate surface area is 160 Å². The van der Waals surface area contributed by atoms with Crippen LogP contribution in [-0.2, 0) is 6.54 Å². The Bertz CT molecular complexity index is 931. The summed E-state index contributed by atoms with van der Waals surface area (Å²) in [6, 6.07) is 16.4. The molecule has 0 bridgehead atoms. The van der Waals surface area contributed by atoms with E-state index in [9.17, 15) is 9.90 Å². The van der Waals surface area contributed by atoms with Crippen molar-refractivity contribution in [2.24, 2.45) is 0 Å². The Kier molecular flexibility index (Phi) is 4.70. The number of hydrogen-bond acceptors (Lipinski definition) is 3. The van der Waals surface area contributed by atoms with Gasteiger partial charge in [-0.15, -0.1) is 0 Å². The highest BCUT2D eigenvalue weighted by molar-refractivity contribution is 9.10. The van der Waals surface area contributed by atoms with Crippen molar-refractivity contribution >= 4 is 38.6 Å². The molecule has 0 atom stereocenters. The van der Waals surface area contributed by atoms with Crippen LogP contribution in [-0.4, -0.2) is 46.8 Å². The zero-order chi connectivity index (χ0) is 18.1. The summed E-state index contributed by atoms with van der Waals surface area (Å²) in [6.07, 6.45) is 0.635. The molecule has 5 nitrogen and oxygen atoms in total. The molecule has 0 unspecified atom stereocenters. The molecular formula is C20H20BrN3O2. The highest BCUT2D eigenvalue weighted by atomic mass is 79.9. The van der Waals surface area contributed by atoms with Crippen LogP contribution < -0.4 is 4.90 Å². The summed E-state index contributed by atoms with van der Waals surface area (Å²) < 4.78 is 2.20. The van der Waals surface area contributed by atoms with Gasteiger partial charge in [0.05, 0.1) is 5.52 Å². The third-order valence-corrected chi connectivity index (χ3v) is 5.59. The van der Waals surface area contributed by atoms with Gasteiger partial charge in [0.1, 0.15) is 0 Å². The van der Waals surface area contributed by atoms with Gasteiger partial charge >= 0.3 is 6.09 Å². The maximum Gasteiger partial charge on any atom is 0.416 e. The Morgan fingerprint density at radius 3 is 2.46 bits per heavy atom. The van der Waals surface area contributed by atoms with E-state index in [4.69, 9.17) is 0 Å². The number of carboxylic acid groups (broad SMARTS) is 1. The van der Waals surface area contributed by atoms with Crippen molar-refractivity contribution in [1.29, 1.82) is 0 Å². The van der Waals surface area contributed by atoms with Gasteiger partial charge in [-0.3, -0.25) is 9.47 Å². The van der Waals surface area contributed by atoms with Crippen molar-refractivity contribution in [2.75, 3.05) is 31.1 Å². The topological polar surface area (TPSA) is 48.7 Å². The molecule has 6 heteroatoms. The fourth-order valence-electron chi connectivity index (χ4n) is 3.54. The van der Waals surface area contributed by atoms with Gasteiger partial charge in [-0.2, -0.15) is 0 Å². The van der Waals surface area contributed by atoms with Crippen LogP contribution in [0.5, 0.6) is 0 Å². The predicted octanol–water partition coefficient (Wildman–Crippen LogP) is 4.25. The number of rotatable bonds is 3. The van der Waals surface area contributed by atoms with Gasteiger partial charge in [-0.05, 0) is 23.8 Å². The molecule has 0 spiro atoms. The fraction of sp³-hybridized carbons (Fsp3) is 0.250. The number of benzene rings is 2. The Morgan fingerprint density at radius 1 is 1.04 bits per heavy atom. The number of nitrogens with zero attached hydrogens (tertiary/aromatic N) is 3. The molecule has 2 aromatic carbocycles. The molecule has 1 saturated heterocycles. The SMILES string of the molecule is O=C(O)n1ccc2c(Br)cc(N3CCN(Cc4ccccc4)CC3)cc21. The zero-order valence-corrected chi connectivity index (χ0v) is 15.9. The second-order valence-electron chi connectivity index (χ2n) is 6.58. The first-order valence-corrected chi connectivity index (χ1v) is 9.46. The third-order valence-electron chi connectivity index (χ3n) is 4.93. The molecule has 2 heterocycles. The van der Waals surface area contributed by atoms with Crippen LogP contribution in [0.15, 0.2) is 59.2 Å². The third kappa shape index (κ3) is 3.34. The lowest BCUT2D eigenvalue weighted by Crippen LogP contribution is -2.46. The largest absolute Gasteiger partial charge is 0.464 e. The molecule has 0 amide bonds. The van der Waals surface area contributed by atoms with E-state index in [-0.39, 0.29) is 0 Å². The van der Waals surface area contributed by atoms with E-state index in [1.165, 1.54) is 10.1 Å². The van der Waals surface area contributed by atoms with Gasteiger partial charge < -0.3 is 10.0 Å². The summed E-state index contributed by atoms with van der Waals surface area (Å²) in [5.41, 5.74) is 3.11. The van der Waals surface area contributed by atoms with Gasteiger partial charge in [0.15, 0.2) is 0 Å². The molecule has 134 valence electrons. The Hall–Kier alpha value is -2.31. The van der Waals surface area contributed by atoms with Crippen molar-refractivity contribution in [3.05, 3.63) is 64.8 Å². The summed E-state index contributed by atoms with van der Waals surface area (Å²) >= 11 is 3.59. The number of halogens is 1. The summed E-state index contributed by atoms with van der Waals surface area (Å²) in [5.74, 6) is 0. The van der Waals surface area contributed by atoms with Gasteiger partial charge in [0.2, 0.25) is 0 Å². The second kappa shape index (κ2) is 7.13. The molecule has 1 fully saturated rings. The van der Waals surface area contributed by atoms with Crippen LogP contribution in [0.3, 0.4) is 0 Å². The van der Waals surface area contributed by atoms with Crippen LogP contribution in [0, 0.1) is 0 Å². The van der Waals surface area contributed by atoms with Gasteiger partial charge in [0, 0.05) is 54.5 Å². The average molecular weight is 414 g/mol. The smallest absolute Gasteiger partial charge is 0.416 e. The lowest BCUT2D eigenvalue weighted by molar-refractivity contribution is 0.197. The normalized spacial score (nSPS) is 15.5. The zero-order valence-electron chi connectivity index (χ0n) is 14.3. The minimum Gasteiger partial charge on any atom is -0.464 e. The highest BCUT2D eigenvalue weighted by Gasteiger charge is 2.19. The summed E-state index contributed by atoms with van der Waals surface area (Å²) in [7, 11) is 0. The number of aromatic nitrogens is 1. The number of piperazine rings is 1. The summed E-state index contributed by atoms with van der Waals surface area (Å²) in [4.78, 5) is 16.2. The standard InChI is InChI=1S/C20H20BrN3O2/c21-18-12-16(13-19-17(18)6-7-24(19)20(25)26)23-10-8-22(9-11-23)14-15-4-2-1-3-5-15/h1-7,12-13H,8-11,14H2,(H,25,26). The average Bonchev–Trinajstić information content (AvgIpc) is 3.08. The van der Waals surface area contributed by atoms with Crippen molar-refractivity contribution in [1.82, 2.24) is 9.47 Å². The fourth-order valence-corrected chi connectivity index (χ4v) is 4.11. The first-order valence-electron chi connectivity index (χ1n) is 8.67. The molecular weight excluding hydrogens is 394 g/mol. The Balaban J connectivity index is 1.50. The van der Waals surface area contributed by atoms with E-state index in [0.29, 0.717) is 5.52 Å². The van der Waals surface area contributed by atoms with E-state index < -0.39 is 6.09 Å². The molecule has 1 aromatic heterocycles. The van der Waals surface area contributed by atoms with Crippen LogP contribution in [0.1, 0.15) is 5.56 Å². The molecule has 0 saturated carbocycles. The maximum absolute atomic E-state index is 11.4. The summed E-state index contributed by atoms with van der Waals surface area (Å²) in [6.45, 7) is 4.81. The summed E-state index contributed by atoms with van der Waals surface area (Å²) in [5, 5.41) is 10.3. The monoisotopic (exact) mass is 413 g/mol. The lowest BCUT2D eigenvalue weighted by Gasteiger charge is -2.36. The molecule has 1 N–H and O–H groups in total. The highest BCUT2D eigenvalue weighted by Crippen LogP contribution is 2.31. The van der Waals surface area contributed by atoms with Crippen LogP contribution in [0.2, 0.25) is 0 Å². The number of carbonyl (C=O) groups is 1.